The zero-order valence-corrected chi connectivity index (χ0v) is 18.9. The van der Waals surface area contributed by atoms with Crippen molar-refractivity contribution in [3.05, 3.63) is 26.7 Å². The number of imidazole rings is 1. The number of unbranched alkanes of at least 4 members (excludes halogenated alkanes) is 1. The number of hydrogen-bond acceptors (Lipinski definition) is 7. The van der Waals surface area contributed by atoms with Crippen LogP contribution in [0.1, 0.15) is 51.8 Å². The van der Waals surface area contributed by atoms with Gasteiger partial charge in [-0.25, -0.2) is 18.2 Å². The Labute approximate surface area is 180 Å². The second kappa shape index (κ2) is 9.35. The van der Waals surface area contributed by atoms with Gasteiger partial charge in [-0.1, -0.05) is 20.3 Å². The average molecular weight is 456 g/mol. The van der Waals surface area contributed by atoms with Gasteiger partial charge in [-0.05, 0) is 25.7 Å². The molecule has 2 aromatic heterocycles. The third kappa shape index (κ3) is 4.74. The van der Waals surface area contributed by atoms with Gasteiger partial charge in [0.25, 0.3) is 5.56 Å². The minimum absolute atomic E-state index is 0.219. The fourth-order valence-electron chi connectivity index (χ4n) is 3.92. The summed E-state index contributed by atoms with van der Waals surface area (Å²) in [6.45, 7) is 4.87. The number of aromatic nitrogens is 4. The Balaban J connectivity index is 1.94. The Kier molecular flexibility index (Phi) is 6.99. The maximum absolute atomic E-state index is 12.6. The summed E-state index contributed by atoms with van der Waals surface area (Å²) >= 11 is 0. The van der Waals surface area contributed by atoms with E-state index >= 15 is 0 Å². The zero-order valence-electron chi connectivity index (χ0n) is 18.1. The first-order valence-electron chi connectivity index (χ1n) is 10.5. The summed E-state index contributed by atoms with van der Waals surface area (Å²) in [5.74, 6) is -0.300. The molecule has 1 fully saturated rings. The van der Waals surface area contributed by atoms with Crippen LogP contribution in [0.25, 0.3) is 11.2 Å². The third-order valence-corrected chi connectivity index (χ3v) is 6.68. The number of hydrogen-bond donors (Lipinski definition) is 1. The highest BCUT2D eigenvalue weighted by molar-refractivity contribution is 7.88. The maximum atomic E-state index is 12.6. The lowest BCUT2D eigenvalue weighted by Gasteiger charge is -2.20. The molecule has 3 rings (SSSR count). The molecule has 0 aliphatic carbocycles. The second-order valence-corrected chi connectivity index (χ2v) is 9.69. The molecule has 2 aromatic rings. The van der Waals surface area contributed by atoms with Crippen molar-refractivity contribution >= 4 is 27.2 Å². The summed E-state index contributed by atoms with van der Waals surface area (Å²) in [5, 5.41) is 0. The number of rotatable bonds is 9. The summed E-state index contributed by atoms with van der Waals surface area (Å²) in [7, 11) is -3.51. The Morgan fingerprint density at radius 2 is 1.94 bits per heavy atom. The molecule has 0 amide bonds. The van der Waals surface area contributed by atoms with Crippen molar-refractivity contribution in [1.82, 2.24) is 23.4 Å². The van der Waals surface area contributed by atoms with E-state index in [1.807, 2.05) is 13.8 Å². The smallest absolute Gasteiger partial charge is 0.330 e. The lowest BCUT2D eigenvalue weighted by atomic mass is 10.2. The van der Waals surface area contributed by atoms with Crippen molar-refractivity contribution in [1.29, 1.82) is 0 Å². The number of nitrogens with zero attached hydrogens (tertiary/aromatic N) is 4. The molecule has 1 N–H and O–H groups in total. The van der Waals surface area contributed by atoms with E-state index in [1.165, 1.54) is 4.57 Å². The molecule has 0 radical (unpaired) electrons. The van der Waals surface area contributed by atoms with Crippen molar-refractivity contribution in [2.24, 2.45) is 0 Å². The third-order valence-electron chi connectivity index (χ3n) is 5.39. The first-order valence-corrected chi connectivity index (χ1v) is 12.4. The summed E-state index contributed by atoms with van der Waals surface area (Å²) in [4.78, 5) is 44.3. The van der Waals surface area contributed by atoms with Gasteiger partial charge in [-0.15, -0.1) is 0 Å². The van der Waals surface area contributed by atoms with Gasteiger partial charge in [0.1, 0.15) is 18.5 Å². The largest absolute Gasteiger partial charge is 0.456 e. The van der Waals surface area contributed by atoms with Gasteiger partial charge in [0, 0.05) is 19.6 Å². The molecule has 0 spiro atoms. The first kappa shape index (κ1) is 23.2. The number of carbonyl (C=O) groups excluding carboxylic acids is 1. The van der Waals surface area contributed by atoms with Crippen LogP contribution in [0.4, 0.5) is 0 Å². The van der Waals surface area contributed by atoms with E-state index in [0.717, 1.165) is 23.4 Å². The highest BCUT2D eigenvalue weighted by atomic mass is 32.2. The summed E-state index contributed by atoms with van der Waals surface area (Å²) < 4.78 is 33.5. The van der Waals surface area contributed by atoms with Gasteiger partial charge < -0.3 is 9.30 Å². The molecule has 0 bridgehead atoms. The Morgan fingerprint density at radius 1 is 1.19 bits per heavy atom. The summed E-state index contributed by atoms with van der Waals surface area (Å²) in [6.07, 6.45) is 4.36. The number of H-pyrrole nitrogens is 1. The van der Waals surface area contributed by atoms with Crippen molar-refractivity contribution in [3.8, 4) is 0 Å². The Morgan fingerprint density at radius 3 is 2.58 bits per heavy atom. The van der Waals surface area contributed by atoms with Crippen LogP contribution in [-0.4, -0.2) is 56.6 Å². The fraction of sp³-hybridized carbons (Fsp3) is 0.684. The molecule has 11 nitrogen and oxygen atoms in total. The van der Waals surface area contributed by atoms with Crippen molar-refractivity contribution in [2.45, 2.75) is 71.7 Å². The Hall–Kier alpha value is -2.47. The number of carbonyl (C=O) groups is 1. The fourth-order valence-corrected chi connectivity index (χ4v) is 5.03. The second-order valence-electron chi connectivity index (χ2n) is 7.76. The van der Waals surface area contributed by atoms with Crippen molar-refractivity contribution in [3.63, 3.8) is 0 Å². The molecule has 172 valence electrons. The zero-order chi connectivity index (χ0) is 22.8. The van der Waals surface area contributed by atoms with E-state index in [-0.39, 0.29) is 24.3 Å². The van der Waals surface area contributed by atoms with Gasteiger partial charge in [0.05, 0.1) is 6.26 Å². The number of ether oxygens (including phenoxy) is 1. The molecular formula is C19H29N5O6S. The van der Waals surface area contributed by atoms with E-state index in [9.17, 15) is 22.8 Å². The van der Waals surface area contributed by atoms with E-state index < -0.39 is 33.3 Å². The number of aromatic amines is 1. The highest BCUT2D eigenvalue weighted by Crippen LogP contribution is 2.22. The van der Waals surface area contributed by atoms with Crippen LogP contribution in [0, 0.1) is 0 Å². The predicted molar refractivity (Wildman–Crippen MR) is 114 cm³/mol. The molecule has 12 heteroatoms. The minimum atomic E-state index is -3.51. The van der Waals surface area contributed by atoms with E-state index in [2.05, 4.69) is 9.97 Å². The highest BCUT2D eigenvalue weighted by Gasteiger charge is 2.37. The first-order chi connectivity index (χ1) is 14.7. The van der Waals surface area contributed by atoms with Gasteiger partial charge in [0.15, 0.2) is 11.2 Å². The molecule has 1 atom stereocenters. The Bertz CT molecular complexity index is 1180. The molecule has 3 heterocycles. The number of fused-ring (bicyclic) bond motifs is 1. The standard InChI is InChI=1S/C19H29N5O6S/c1-4-6-10-23-16-15(17(25)21-19(23)27)22(9-5-2)14(20-16)12-30-18(26)13-8-7-11-24(13)31(3,28)29/h13H,4-12H2,1-3H3,(H,21,25,27). The lowest BCUT2D eigenvalue weighted by molar-refractivity contribution is -0.149. The number of nitrogens with one attached hydrogen (secondary N) is 1. The molecule has 31 heavy (non-hydrogen) atoms. The quantitative estimate of drug-likeness (QED) is 0.546. The van der Waals surface area contributed by atoms with Crippen LogP contribution >= 0.6 is 0 Å². The average Bonchev–Trinajstić information content (AvgIpc) is 3.32. The predicted octanol–water partition coefficient (Wildman–Crippen LogP) is 0.564. The summed E-state index contributed by atoms with van der Waals surface area (Å²) in [5.41, 5.74) is -0.529. The normalized spacial score (nSPS) is 17.5. The monoisotopic (exact) mass is 455 g/mol. The van der Waals surface area contributed by atoms with Gasteiger partial charge in [0.2, 0.25) is 10.0 Å². The van der Waals surface area contributed by atoms with Gasteiger partial charge >= 0.3 is 11.7 Å². The molecule has 0 saturated carbocycles. The van der Waals surface area contributed by atoms with Crippen LogP contribution in [-0.2, 0) is 39.3 Å². The van der Waals surface area contributed by atoms with E-state index in [0.29, 0.717) is 38.2 Å². The van der Waals surface area contributed by atoms with Crippen LogP contribution < -0.4 is 11.2 Å². The SMILES string of the molecule is CCCCn1c(=O)[nH]c(=O)c2c1nc(COC(=O)C1CCCN1S(C)(=O)=O)n2CCC. The van der Waals surface area contributed by atoms with Gasteiger partial charge in [-0.3, -0.25) is 19.1 Å². The van der Waals surface area contributed by atoms with Crippen molar-refractivity contribution in [2.75, 3.05) is 12.8 Å². The van der Waals surface area contributed by atoms with Gasteiger partial charge in [-0.2, -0.15) is 4.31 Å². The minimum Gasteiger partial charge on any atom is -0.456 e. The number of esters is 1. The van der Waals surface area contributed by atoms with E-state index in [4.69, 9.17) is 4.74 Å². The maximum Gasteiger partial charge on any atom is 0.330 e. The number of sulfonamides is 1. The lowest BCUT2D eigenvalue weighted by Crippen LogP contribution is -2.40. The van der Waals surface area contributed by atoms with Crippen LogP contribution in [0.5, 0.6) is 0 Å². The molecule has 1 saturated heterocycles. The molecule has 1 aliphatic heterocycles. The van der Waals surface area contributed by atoms with Crippen LogP contribution in [0.3, 0.4) is 0 Å². The van der Waals surface area contributed by atoms with Crippen LogP contribution in [0.15, 0.2) is 9.59 Å². The molecule has 1 aliphatic rings. The number of aryl methyl sites for hydroxylation is 2. The van der Waals surface area contributed by atoms with E-state index in [1.54, 1.807) is 4.57 Å². The molecular weight excluding hydrogens is 426 g/mol. The molecule has 1 unspecified atom stereocenters. The van der Waals surface area contributed by atoms with Crippen molar-refractivity contribution < 1.29 is 17.9 Å². The summed E-state index contributed by atoms with van der Waals surface area (Å²) in [6, 6.07) is -0.856. The van der Waals surface area contributed by atoms with Crippen LogP contribution in [0.2, 0.25) is 0 Å². The molecule has 0 aromatic carbocycles. The topological polar surface area (TPSA) is 136 Å².